The van der Waals surface area contributed by atoms with Crippen molar-refractivity contribution in [1.29, 1.82) is 0 Å². The number of aryl methyl sites for hydroxylation is 1. The van der Waals surface area contributed by atoms with Gasteiger partial charge in [0.1, 0.15) is 17.2 Å². The first-order valence-corrected chi connectivity index (χ1v) is 10.7. The molecule has 0 aliphatic carbocycles. The number of nitrogens with one attached hydrogen (secondary N) is 1. The van der Waals surface area contributed by atoms with Crippen LogP contribution in [-0.2, 0) is 11.3 Å². The smallest absolute Gasteiger partial charge is 0.283 e. The highest BCUT2D eigenvalue weighted by molar-refractivity contribution is 9.10. The van der Waals surface area contributed by atoms with Crippen molar-refractivity contribution >= 4 is 49.1 Å². The number of aromatic nitrogens is 3. The minimum atomic E-state index is -2.71. The molecule has 1 N–H and O–H groups in total. The van der Waals surface area contributed by atoms with Crippen molar-refractivity contribution < 1.29 is 13.6 Å². The van der Waals surface area contributed by atoms with Crippen molar-refractivity contribution in [1.82, 2.24) is 14.8 Å². The SMILES string of the molecule is Cc1ccc2nc(-c3ccc(NC(=O)Cn4nc(C(F)F)c(Br)c4C)cc3)sc2c1. The first-order valence-electron chi connectivity index (χ1n) is 9.10. The van der Waals surface area contributed by atoms with Crippen LogP contribution in [0.2, 0.25) is 0 Å². The lowest BCUT2D eigenvalue weighted by Gasteiger charge is -2.07. The van der Waals surface area contributed by atoms with Crippen LogP contribution in [0, 0.1) is 13.8 Å². The molecular formula is C21H17BrF2N4OS. The van der Waals surface area contributed by atoms with Crippen LogP contribution in [0.4, 0.5) is 14.5 Å². The molecule has 0 atom stereocenters. The highest BCUT2D eigenvalue weighted by atomic mass is 79.9. The van der Waals surface area contributed by atoms with Gasteiger partial charge in [-0.1, -0.05) is 6.07 Å². The molecule has 0 aliphatic rings. The number of benzene rings is 2. The molecule has 9 heteroatoms. The van der Waals surface area contributed by atoms with Crippen LogP contribution in [-0.4, -0.2) is 20.7 Å². The maximum absolute atomic E-state index is 13.0. The highest BCUT2D eigenvalue weighted by Crippen LogP contribution is 2.31. The van der Waals surface area contributed by atoms with Crippen molar-refractivity contribution in [2.24, 2.45) is 0 Å². The molecule has 5 nitrogen and oxygen atoms in total. The summed E-state index contributed by atoms with van der Waals surface area (Å²) in [6.45, 7) is 3.52. The number of carbonyl (C=O) groups is 1. The highest BCUT2D eigenvalue weighted by Gasteiger charge is 2.21. The summed E-state index contributed by atoms with van der Waals surface area (Å²) in [5, 5.41) is 7.50. The van der Waals surface area contributed by atoms with Crippen LogP contribution in [0.25, 0.3) is 20.8 Å². The minimum Gasteiger partial charge on any atom is -0.324 e. The third kappa shape index (κ3) is 4.13. The van der Waals surface area contributed by atoms with Crippen molar-refractivity contribution in [3.8, 4) is 10.6 Å². The molecule has 0 bridgehead atoms. The maximum Gasteiger partial charge on any atom is 0.283 e. The van der Waals surface area contributed by atoms with E-state index in [-0.39, 0.29) is 22.6 Å². The topological polar surface area (TPSA) is 59.8 Å². The van der Waals surface area contributed by atoms with Crippen LogP contribution in [0.5, 0.6) is 0 Å². The molecule has 0 radical (unpaired) electrons. The van der Waals surface area contributed by atoms with Gasteiger partial charge < -0.3 is 5.32 Å². The van der Waals surface area contributed by atoms with E-state index in [1.54, 1.807) is 30.4 Å². The first-order chi connectivity index (χ1) is 14.3. The van der Waals surface area contributed by atoms with Crippen molar-refractivity contribution in [3.63, 3.8) is 0 Å². The van der Waals surface area contributed by atoms with Gasteiger partial charge >= 0.3 is 0 Å². The summed E-state index contributed by atoms with van der Waals surface area (Å²) in [5.74, 6) is -0.350. The molecular weight excluding hydrogens is 474 g/mol. The van der Waals surface area contributed by atoms with E-state index < -0.39 is 6.43 Å². The molecule has 154 valence electrons. The zero-order chi connectivity index (χ0) is 21.4. The van der Waals surface area contributed by atoms with E-state index in [1.807, 2.05) is 31.2 Å². The summed E-state index contributed by atoms with van der Waals surface area (Å²) in [6.07, 6.45) is -2.71. The van der Waals surface area contributed by atoms with Crippen LogP contribution in [0.3, 0.4) is 0 Å². The fourth-order valence-corrected chi connectivity index (χ4v) is 4.56. The fraction of sp³-hybridized carbons (Fsp3) is 0.190. The van der Waals surface area contributed by atoms with E-state index in [9.17, 15) is 13.6 Å². The number of amides is 1. The van der Waals surface area contributed by atoms with Crippen LogP contribution >= 0.6 is 27.3 Å². The lowest BCUT2D eigenvalue weighted by molar-refractivity contribution is -0.117. The van der Waals surface area contributed by atoms with Gasteiger partial charge in [0.25, 0.3) is 6.43 Å². The van der Waals surface area contributed by atoms with Crippen molar-refractivity contribution in [2.45, 2.75) is 26.8 Å². The molecule has 2 aromatic heterocycles. The monoisotopic (exact) mass is 490 g/mol. The Morgan fingerprint density at radius 3 is 2.60 bits per heavy atom. The molecule has 0 spiro atoms. The average molecular weight is 491 g/mol. The number of fused-ring (bicyclic) bond motifs is 1. The van der Waals surface area contributed by atoms with E-state index in [1.165, 1.54) is 10.2 Å². The summed E-state index contributed by atoms with van der Waals surface area (Å²) in [7, 11) is 0. The second-order valence-corrected chi connectivity index (χ2v) is 8.68. The number of hydrogen-bond acceptors (Lipinski definition) is 4. The largest absolute Gasteiger partial charge is 0.324 e. The van der Waals surface area contributed by atoms with Crippen LogP contribution in [0.1, 0.15) is 23.4 Å². The predicted octanol–water partition coefficient (Wildman–Crippen LogP) is 6.12. The average Bonchev–Trinajstić information content (AvgIpc) is 3.24. The molecule has 4 aromatic rings. The van der Waals surface area contributed by atoms with Gasteiger partial charge in [-0.05, 0) is 71.7 Å². The molecule has 0 saturated carbocycles. The zero-order valence-electron chi connectivity index (χ0n) is 16.1. The van der Waals surface area contributed by atoms with Crippen LogP contribution in [0.15, 0.2) is 46.9 Å². The molecule has 1 amide bonds. The summed E-state index contributed by atoms with van der Waals surface area (Å²) >= 11 is 4.72. The number of hydrogen-bond donors (Lipinski definition) is 1. The normalized spacial score (nSPS) is 11.4. The summed E-state index contributed by atoms with van der Waals surface area (Å²) < 4.78 is 28.5. The van der Waals surface area contributed by atoms with Gasteiger partial charge in [0.2, 0.25) is 5.91 Å². The maximum atomic E-state index is 13.0. The Kier molecular flexibility index (Phi) is 5.66. The number of halogens is 3. The summed E-state index contributed by atoms with van der Waals surface area (Å²) in [4.78, 5) is 17.0. The quantitative estimate of drug-likeness (QED) is 0.366. The standard InChI is InChI=1S/C21H17BrF2N4OS/c1-11-3-8-15-16(9-11)30-21(26-15)13-4-6-14(7-5-13)25-17(29)10-28-12(2)18(22)19(27-28)20(23)24/h3-9,20H,10H2,1-2H3,(H,25,29). The van der Waals surface area contributed by atoms with Crippen molar-refractivity contribution in [3.05, 3.63) is 63.9 Å². The molecule has 4 rings (SSSR count). The van der Waals surface area contributed by atoms with Gasteiger partial charge in [0, 0.05) is 11.3 Å². The molecule has 2 heterocycles. The molecule has 2 aromatic carbocycles. The number of nitrogens with zero attached hydrogens (tertiary/aromatic N) is 3. The number of thiazole rings is 1. The lowest BCUT2D eigenvalue weighted by Crippen LogP contribution is -2.20. The predicted molar refractivity (Wildman–Crippen MR) is 118 cm³/mol. The van der Waals surface area contributed by atoms with E-state index in [2.05, 4.69) is 37.4 Å². The zero-order valence-corrected chi connectivity index (χ0v) is 18.5. The second-order valence-electron chi connectivity index (χ2n) is 6.86. The van der Waals surface area contributed by atoms with Crippen LogP contribution < -0.4 is 5.32 Å². The number of carbonyl (C=O) groups excluding carboxylic acids is 1. The molecule has 0 unspecified atom stereocenters. The third-order valence-electron chi connectivity index (χ3n) is 4.62. The Morgan fingerprint density at radius 1 is 1.20 bits per heavy atom. The number of anilines is 1. The summed E-state index contributed by atoms with van der Waals surface area (Å²) in [6, 6.07) is 13.5. The van der Waals surface area contributed by atoms with E-state index in [0.29, 0.717) is 11.4 Å². The van der Waals surface area contributed by atoms with Gasteiger partial charge in [0.15, 0.2) is 0 Å². The Balaban J connectivity index is 1.46. The Bertz CT molecular complexity index is 1230. The van der Waals surface area contributed by atoms with Gasteiger partial charge in [-0.25, -0.2) is 13.8 Å². The minimum absolute atomic E-state index is 0.157. The fourth-order valence-electron chi connectivity index (χ4n) is 3.03. The Hall–Kier alpha value is -2.65. The van der Waals surface area contributed by atoms with Gasteiger partial charge in [-0.3, -0.25) is 9.48 Å². The summed E-state index contributed by atoms with van der Waals surface area (Å²) in [5.41, 5.74) is 3.83. The number of rotatable bonds is 5. The van der Waals surface area contributed by atoms with E-state index >= 15 is 0 Å². The van der Waals surface area contributed by atoms with E-state index in [4.69, 9.17) is 0 Å². The molecule has 0 fully saturated rings. The van der Waals surface area contributed by atoms with Gasteiger partial charge in [0.05, 0.1) is 20.4 Å². The van der Waals surface area contributed by atoms with Gasteiger partial charge in [-0.2, -0.15) is 5.10 Å². The molecule has 0 saturated heterocycles. The Morgan fingerprint density at radius 2 is 1.93 bits per heavy atom. The lowest BCUT2D eigenvalue weighted by atomic mass is 10.2. The molecule has 0 aliphatic heterocycles. The second kappa shape index (κ2) is 8.23. The third-order valence-corrected chi connectivity index (χ3v) is 6.67. The van der Waals surface area contributed by atoms with E-state index in [0.717, 1.165) is 20.8 Å². The van der Waals surface area contributed by atoms with Crippen molar-refractivity contribution in [2.75, 3.05) is 5.32 Å². The molecule has 30 heavy (non-hydrogen) atoms. The first kappa shape index (κ1) is 20.6. The van der Waals surface area contributed by atoms with Gasteiger partial charge in [-0.15, -0.1) is 11.3 Å². The Labute approximate surface area is 183 Å². The number of alkyl halides is 2.